The predicted octanol–water partition coefficient (Wildman–Crippen LogP) is 0.592. The molecule has 3 N–H and O–H groups in total. The highest BCUT2D eigenvalue weighted by Gasteiger charge is 2.33. The summed E-state index contributed by atoms with van der Waals surface area (Å²) >= 11 is 0. The Kier molecular flexibility index (Phi) is 4.39. The smallest absolute Gasteiger partial charge is 0.224 e. The van der Waals surface area contributed by atoms with Crippen LogP contribution in [-0.2, 0) is 16.0 Å². The third-order valence-electron chi connectivity index (χ3n) is 3.46. The average molecular weight is 265 g/mol. The van der Waals surface area contributed by atoms with Crippen molar-refractivity contribution in [3.63, 3.8) is 0 Å². The van der Waals surface area contributed by atoms with Crippen LogP contribution in [0.3, 0.4) is 0 Å². The van der Waals surface area contributed by atoms with Gasteiger partial charge in [0, 0.05) is 13.2 Å². The van der Waals surface area contributed by atoms with Crippen molar-refractivity contribution in [2.45, 2.75) is 24.8 Å². The number of aromatic hydroxyl groups is 1. The van der Waals surface area contributed by atoms with Gasteiger partial charge in [-0.05, 0) is 30.5 Å². The van der Waals surface area contributed by atoms with Crippen molar-refractivity contribution >= 4 is 5.91 Å². The molecule has 1 aliphatic heterocycles. The van der Waals surface area contributed by atoms with Crippen molar-refractivity contribution in [2.75, 3.05) is 19.8 Å². The van der Waals surface area contributed by atoms with Gasteiger partial charge in [-0.25, -0.2) is 0 Å². The first kappa shape index (κ1) is 13.8. The molecule has 1 heterocycles. The van der Waals surface area contributed by atoms with Gasteiger partial charge in [0.1, 0.15) is 5.75 Å². The van der Waals surface area contributed by atoms with E-state index in [1.165, 1.54) is 0 Å². The van der Waals surface area contributed by atoms with Crippen molar-refractivity contribution in [3.8, 4) is 5.75 Å². The van der Waals surface area contributed by atoms with Gasteiger partial charge in [0.05, 0.1) is 18.6 Å². The molecule has 104 valence electrons. The fourth-order valence-electron chi connectivity index (χ4n) is 2.22. The van der Waals surface area contributed by atoms with E-state index in [1.807, 2.05) is 0 Å². The van der Waals surface area contributed by atoms with Crippen LogP contribution in [-0.4, -0.2) is 41.5 Å². The van der Waals surface area contributed by atoms with E-state index in [0.717, 1.165) is 5.56 Å². The molecule has 1 fully saturated rings. The first-order valence-corrected chi connectivity index (χ1v) is 6.41. The van der Waals surface area contributed by atoms with Crippen molar-refractivity contribution in [3.05, 3.63) is 29.8 Å². The number of rotatable bonds is 4. The van der Waals surface area contributed by atoms with Crippen LogP contribution in [0.5, 0.6) is 5.75 Å². The highest BCUT2D eigenvalue weighted by atomic mass is 16.5. The van der Waals surface area contributed by atoms with Crippen LogP contribution in [0.15, 0.2) is 24.3 Å². The molecule has 1 aromatic carbocycles. The third-order valence-corrected chi connectivity index (χ3v) is 3.46. The summed E-state index contributed by atoms with van der Waals surface area (Å²) in [5.74, 6) is 0.0575. The molecular weight excluding hydrogens is 246 g/mol. The van der Waals surface area contributed by atoms with E-state index >= 15 is 0 Å². The van der Waals surface area contributed by atoms with E-state index in [-0.39, 0.29) is 24.7 Å². The number of hydrogen-bond acceptors (Lipinski definition) is 4. The average Bonchev–Trinajstić information content (AvgIpc) is 2.42. The van der Waals surface area contributed by atoms with Gasteiger partial charge in [-0.2, -0.15) is 0 Å². The molecule has 1 aromatic rings. The van der Waals surface area contributed by atoms with E-state index in [1.54, 1.807) is 24.3 Å². The van der Waals surface area contributed by atoms with Crippen LogP contribution in [0.1, 0.15) is 18.4 Å². The molecule has 0 spiro atoms. The number of amides is 1. The van der Waals surface area contributed by atoms with Gasteiger partial charge < -0.3 is 20.3 Å². The second-order valence-corrected chi connectivity index (χ2v) is 4.94. The Balaban J connectivity index is 1.94. The molecule has 0 saturated carbocycles. The van der Waals surface area contributed by atoms with Crippen LogP contribution in [0.4, 0.5) is 0 Å². The highest BCUT2D eigenvalue weighted by Crippen LogP contribution is 2.20. The lowest BCUT2D eigenvalue weighted by atomic mass is 9.90. The molecule has 5 heteroatoms. The van der Waals surface area contributed by atoms with Crippen LogP contribution in [0.2, 0.25) is 0 Å². The Morgan fingerprint density at radius 2 is 1.89 bits per heavy atom. The molecule has 0 aliphatic carbocycles. The summed E-state index contributed by atoms with van der Waals surface area (Å²) in [4.78, 5) is 12.0. The number of carbonyl (C=O) groups is 1. The summed E-state index contributed by atoms with van der Waals surface area (Å²) in [5, 5.41) is 21.6. The van der Waals surface area contributed by atoms with E-state index < -0.39 is 5.54 Å². The van der Waals surface area contributed by atoms with Crippen LogP contribution < -0.4 is 5.32 Å². The lowest BCUT2D eigenvalue weighted by molar-refractivity contribution is -0.124. The van der Waals surface area contributed by atoms with Crippen molar-refractivity contribution in [1.82, 2.24) is 5.32 Å². The minimum Gasteiger partial charge on any atom is -0.508 e. The number of hydrogen-bond donors (Lipinski definition) is 3. The largest absolute Gasteiger partial charge is 0.508 e. The number of aliphatic hydroxyl groups excluding tert-OH is 1. The lowest BCUT2D eigenvalue weighted by Gasteiger charge is -2.36. The summed E-state index contributed by atoms with van der Waals surface area (Å²) < 4.78 is 5.25. The van der Waals surface area contributed by atoms with E-state index in [0.29, 0.717) is 26.1 Å². The molecule has 0 bridgehead atoms. The second-order valence-electron chi connectivity index (χ2n) is 4.94. The Morgan fingerprint density at radius 1 is 1.26 bits per heavy atom. The van der Waals surface area contributed by atoms with E-state index in [2.05, 4.69) is 5.32 Å². The summed E-state index contributed by atoms with van der Waals surface area (Å²) in [7, 11) is 0. The minimum atomic E-state index is -0.549. The molecular formula is C14H19NO4. The Bertz CT molecular complexity index is 424. The molecule has 19 heavy (non-hydrogen) atoms. The van der Waals surface area contributed by atoms with Gasteiger partial charge in [-0.15, -0.1) is 0 Å². The maximum atomic E-state index is 12.0. The number of phenolic OH excluding ortho intramolecular Hbond substituents is 1. The van der Waals surface area contributed by atoms with Gasteiger partial charge in [-0.3, -0.25) is 4.79 Å². The fourth-order valence-corrected chi connectivity index (χ4v) is 2.22. The predicted molar refractivity (Wildman–Crippen MR) is 69.8 cm³/mol. The topological polar surface area (TPSA) is 78.8 Å². The van der Waals surface area contributed by atoms with Gasteiger partial charge in [0.15, 0.2) is 0 Å². The fraction of sp³-hybridized carbons (Fsp3) is 0.500. The number of phenols is 1. The lowest BCUT2D eigenvalue weighted by Crippen LogP contribution is -2.55. The third kappa shape index (κ3) is 3.68. The zero-order valence-corrected chi connectivity index (χ0v) is 10.8. The minimum absolute atomic E-state index is 0.0717. The molecule has 0 aromatic heterocycles. The standard InChI is InChI=1S/C14H19NO4/c16-10-14(5-7-19-8-6-14)15-13(18)9-11-1-3-12(17)4-2-11/h1-4,16-17H,5-10H2,(H,15,18). The zero-order chi connectivity index (χ0) is 13.7. The van der Waals surface area contributed by atoms with E-state index in [4.69, 9.17) is 4.74 Å². The molecule has 1 saturated heterocycles. The van der Waals surface area contributed by atoms with Gasteiger partial charge in [0.25, 0.3) is 0 Å². The number of ether oxygens (including phenoxy) is 1. The van der Waals surface area contributed by atoms with Crippen molar-refractivity contribution in [2.24, 2.45) is 0 Å². The summed E-state index contributed by atoms with van der Waals surface area (Å²) in [6.45, 7) is 1.04. The molecule has 5 nitrogen and oxygen atoms in total. The Hall–Kier alpha value is -1.59. The summed E-state index contributed by atoms with van der Waals surface area (Å²) in [6, 6.07) is 6.53. The number of benzene rings is 1. The monoisotopic (exact) mass is 265 g/mol. The highest BCUT2D eigenvalue weighted by molar-refractivity contribution is 5.79. The quantitative estimate of drug-likeness (QED) is 0.744. The maximum Gasteiger partial charge on any atom is 0.224 e. The first-order valence-electron chi connectivity index (χ1n) is 6.41. The molecule has 2 rings (SSSR count). The molecule has 1 amide bonds. The van der Waals surface area contributed by atoms with Crippen molar-refractivity contribution < 1.29 is 19.7 Å². The Morgan fingerprint density at radius 3 is 2.47 bits per heavy atom. The SMILES string of the molecule is O=C(Cc1ccc(O)cc1)NC1(CO)CCOCC1. The Labute approximate surface area is 112 Å². The number of aliphatic hydroxyl groups is 1. The molecule has 0 atom stereocenters. The summed E-state index contributed by atoms with van der Waals surface area (Å²) in [5.41, 5.74) is 0.280. The zero-order valence-electron chi connectivity index (χ0n) is 10.8. The van der Waals surface area contributed by atoms with E-state index in [9.17, 15) is 15.0 Å². The molecule has 0 radical (unpaired) electrons. The van der Waals surface area contributed by atoms with Crippen LogP contribution in [0, 0.1) is 0 Å². The van der Waals surface area contributed by atoms with Gasteiger partial charge >= 0.3 is 0 Å². The molecule has 1 aliphatic rings. The second kappa shape index (κ2) is 6.04. The maximum absolute atomic E-state index is 12.0. The number of nitrogens with one attached hydrogen (secondary N) is 1. The van der Waals surface area contributed by atoms with Crippen molar-refractivity contribution in [1.29, 1.82) is 0 Å². The molecule has 0 unspecified atom stereocenters. The summed E-state index contributed by atoms with van der Waals surface area (Å²) in [6.07, 6.45) is 1.50. The number of carbonyl (C=O) groups excluding carboxylic acids is 1. The van der Waals surface area contributed by atoms with Crippen LogP contribution >= 0.6 is 0 Å². The first-order chi connectivity index (χ1) is 9.13. The normalized spacial score (nSPS) is 17.9. The van der Waals surface area contributed by atoms with Gasteiger partial charge in [0.2, 0.25) is 5.91 Å². The van der Waals surface area contributed by atoms with Gasteiger partial charge in [-0.1, -0.05) is 12.1 Å². The van der Waals surface area contributed by atoms with Crippen LogP contribution in [0.25, 0.3) is 0 Å².